The van der Waals surface area contributed by atoms with Crippen LogP contribution in [0.3, 0.4) is 0 Å². The highest BCUT2D eigenvalue weighted by molar-refractivity contribution is 7.91. The molecule has 2 aromatic carbocycles. The number of halogens is 2. The van der Waals surface area contributed by atoms with Gasteiger partial charge in [-0.15, -0.1) is 4.72 Å². The minimum atomic E-state index is -4.08. The van der Waals surface area contributed by atoms with Crippen LogP contribution in [-0.4, -0.2) is 54.6 Å². The number of aliphatic imine (C=N–C) groups is 1. The van der Waals surface area contributed by atoms with E-state index in [2.05, 4.69) is 21.7 Å². The van der Waals surface area contributed by atoms with Gasteiger partial charge in [-0.25, -0.2) is 21.5 Å². The SMILES string of the molecule is C=N/C(=C\C=C(/C)F)C(=O)Nc1ccc(F)c([C@](C)(CS(=O)(=O)N(C)Cc2ccc(OC)cc2)N[S@+]([O-])C(C)(C)C)c1. The number of carbonyl (C=O) groups excluding carboxylic acids is 1. The maximum atomic E-state index is 15.4. The van der Waals surface area contributed by atoms with Crippen LogP contribution >= 0.6 is 0 Å². The minimum absolute atomic E-state index is 0.0276. The van der Waals surface area contributed by atoms with E-state index < -0.39 is 55.0 Å². The summed E-state index contributed by atoms with van der Waals surface area (Å²) in [6, 6.07) is 10.5. The van der Waals surface area contributed by atoms with Crippen molar-refractivity contribution in [2.24, 2.45) is 4.99 Å². The lowest BCUT2D eigenvalue weighted by molar-refractivity contribution is -0.112. The Kier molecular flexibility index (Phi) is 12.0. The average Bonchev–Trinajstić information content (AvgIpc) is 2.89. The number of carbonyl (C=O) groups is 1. The number of nitrogens with one attached hydrogen (secondary N) is 2. The number of hydrogen-bond acceptors (Lipinski definition) is 7. The van der Waals surface area contributed by atoms with E-state index in [1.54, 1.807) is 45.0 Å². The monoisotopic (exact) mass is 624 g/mol. The van der Waals surface area contributed by atoms with Crippen LogP contribution in [0.4, 0.5) is 14.5 Å². The number of allylic oxidation sites excluding steroid dienone is 3. The molecule has 9 nitrogen and oxygen atoms in total. The molecule has 2 rings (SSSR count). The van der Waals surface area contributed by atoms with Crippen LogP contribution in [0, 0.1) is 5.82 Å². The number of anilines is 1. The first-order valence-corrected chi connectivity index (χ1v) is 15.6. The highest BCUT2D eigenvalue weighted by atomic mass is 32.2. The van der Waals surface area contributed by atoms with Gasteiger partial charge in [-0.1, -0.05) is 12.1 Å². The van der Waals surface area contributed by atoms with Crippen molar-refractivity contribution < 1.29 is 31.3 Å². The number of sulfonamides is 1. The van der Waals surface area contributed by atoms with Gasteiger partial charge < -0.3 is 14.6 Å². The summed E-state index contributed by atoms with van der Waals surface area (Å²) in [6.07, 6.45) is 2.17. The third-order valence-electron chi connectivity index (χ3n) is 6.08. The maximum Gasteiger partial charge on any atom is 0.274 e. The van der Waals surface area contributed by atoms with Gasteiger partial charge in [0.25, 0.3) is 5.91 Å². The zero-order chi connectivity index (χ0) is 31.9. The Morgan fingerprint density at radius 1 is 1.17 bits per heavy atom. The van der Waals surface area contributed by atoms with E-state index in [0.29, 0.717) is 11.3 Å². The number of rotatable bonds is 13. The normalized spacial score (nSPS) is 15.2. The molecule has 0 saturated carbocycles. The summed E-state index contributed by atoms with van der Waals surface area (Å²) in [5.41, 5.74) is -1.25. The van der Waals surface area contributed by atoms with Crippen LogP contribution in [0.25, 0.3) is 0 Å². The van der Waals surface area contributed by atoms with E-state index in [4.69, 9.17) is 4.74 Å². The lowest BCUT2D eigenvalue weighted by atomic mass is 9.94. The quantitative estimate of drug-likeness (QED) is 0.141. The summed E-state index contributed by atoms with van der Waals surface area (Å²) in [7, 11) is -1.15. The van der Waals surface area contributed by atoms with Gasteiger partial charge in [0.15, 0.2) is 0 Å². The van der Waals surface area contributed by atoms with Crippen molar-refractivity contribution in [2.75, 3.05) is 25.2 Å². The molecule has 0 aliphatic rings. The number of hydrogen-bond donors (Lipinski definition) is 2. The Labute approximate surface area is 250 Å². The van der Waals surface area contributed by atoms with Gasteiger partial charge in [-0.3, -0.25) is 9.79 Å². The van der Waals surface area contributed by atoms with Gasteiger partial charge in [-0.05, 0) is 89.4 Å². The van der Waals surface area contributed by atoms with E-state index in [0.717, 1.165) is 22.5 Å². The number of methoxy groups -OCH3 is 1. The van der Waals surface area contributed by atoms with E-state index in [1.807, 2.05) is 0 Å². The first-order valence-electron chi connectivity index (χ1n) is 12.8. The molecule has 13 heteroatoms. The van der Waals surface area contributed by atoms with E-state index >= 15 is 4.39 Å². The Morgan fingerprint density at radius 3 is 2.31 bits per heavy atom. The zero-order valence-electron chi connectivity index (χ0n) is 24.8. The molecule has 0 spiro atoms. The lowest BCUT2D eigenvalue weighted by Gasteiger charge is -2.36. The molecule has 0 saturated heterocycles. The third-order valence-corrected chi connectivity index (χ3v) is 9.85. The van der Waals surface area contributed by atoms with E-state index in [9.17, 15) is 22.2 Å². The van der Waals surface area contributed by atoms with Crippen molar-refractivity contribution in [3.63, 3.8) is 0 Å². The van der Waals surface area contributed by atoms with Gasteiger partial charge in [0.1, 0.15) is 27.5 Å². The summed E-state index contributed by atoms with van der Waals surface area (Å²) < 4.78 is 77.3. The molecule has 0 aliphatic carbocycles. The van der Waals surface area contributed by atoms with Crippen LogP contribution < -0.4 is 14.8 Å². The van der Waals surface area contributed by atoms with Crippen molar-refractivity contribution >= 4 is 39.7 Å². The van der Waals surface area contributed by atoms with Crippen molar-refractivity contribution in [1.29, 1.82) is 0 Å². The van der Waals surface area contributed by atoms with Gasteiger partial charge in [0.2, 0.25) is 10.0 Å². The molecule has 0 heterocycles. The van der Waals surface area contributed by atoms with Crippen LogP contribution in [0.5, 0.6) is 5.75 Å². The van der Waals surface area contributed by atoms with Crippen molar-refractivity contribution in [1.82, 2.24) is 9.03 Å². The second-order valence-electron chi connectivity index (χ2n) is 10.8. The van der Waals surface area contributed by atoms with E-state index in [-0.39, 0.29) is 23.5 Å². The topological polar surface area (TPSA) is 123 Å². The van der Waals surface area contributed by atoms with Crippen molar-refractivity contribution in [3.8, 4) is 5.75 Å². The molecule has 0 bridgehead atoms. The second kappa shape index (κ2) is 14.4. The molecule has 0 aromatic heterocycles. The summed E-state index contributed by atoms with van der Waals surface area (Å²) in [6.45, 7) is 11.0. The van der Waals surface area contributed by atoms with Crippen LogP contribution in [0.15, 0.2) is 71.1 Å². The van der Waals surface area contributed by atoms with E-state index in [1.165, 1.54) is 40.1 Å². The molecule has 42 heavy (non-hydrogen) atoms. The Hall–Kier alpha value is -3.10. The predicted molar refractivity (Wildman–Crippen MR) is 164 cm³/mol. The zero-order valence-corrected chi connectivity index (χ0v) is 26.5. The first-order chi connectivity index (χ1) is 19.4. The van der Waals surface area contributed by atoms with Gasteiger partial charge in [0, 0.05) is 36.2 Å². The van der Waals surface area contributed by atoms with Gasteiger partial charge in [-0.2, -0.15) is 0 Å². The molecular formula is C29H38F2N4O5S2. The molecule has 0 radical (unpaired) electrons. The Balaban J connectivity index is 2.50. The number of nitrogens with zero attached hydrogens (tertiary/aromatic N) is 2. The molecule has 2 aromatic rings. The van der Waals surface area contributed by atoms with Crippen molar-refractivity contribution in [2.45, 2.75) is 51.4 Å². The molecule has 230 valence electrons. The summed E-state index contributed by atoms with van der Waals surface area (Å²) in [4.78, 5) is 16.3. The second-order valence-corrected chi connectivity index (χ2v) is 14.8. The molecule has 2 N–H and O–H groups in total. The fraction of sp³-hybridized carbons (Fsp3) is 0.379. The van der Waals surface area contributed by atoms with Crippen LogP contribution in [-0.2, 0) is 38.3 Å². The highest BCUT2D eigenvalue weighted by Gasteiger charge is 2.43. The maximum absolute atomic E-state index is 15.4. The highest BCUT2D eigenvalue weighted by Crippen LogP contribution is 2.32. The fourth-order valence-electron chi connectivity index (χ4n) is 3.70. The molecular weight excluding hydrogens is 586 g/mol. The summed E-state index contributed by atoms with van der Waals surface area (Å²) >= 11 is -1.81. The van der Waals surface area contributed by atoms with Gasteiger partial charge in [0.05, 0.1) is 18.7 Å². The largest absolute Gasteiger partial charge is 0.598 e. The van der Waals surface area contributed by atoms with Gasteiger partial charge >= 0.3 is 0 Å². The standard InChI is InChI=1S/C29H38F2N4O5S2/c1-20(30)9-16-26(32-6)27(36)33-22-12-15-25(31)24(17-22)29(5,34-41(37)28(2,3)4)19-42(38,39)35(7)18-21-10-13-23(40-8)14-11-21/h9-17,34H,6,18-19H2,1-5,7-8H3,(H,33,36)/b20-9+,26-16-/t29-,41+/m0/s1. The fourth-order valence-corrected chi connectivity index (χ4v) is 6.21. The third kappa shape index (κ3) is 9.73. The first kappa shape index (κ1) is 35.1. The number of benzene rings is 2. The Bertz CT molecular complexity index is 1440. The number of amides is 1. The molecule has 1 amide bonds. The minimum Gasteiger partial charge on any atom is -0.598 e. The summed E-state index contributed by atoms with van der Waals surface area (Å²) in [5, 5.41) is 2.53. The number of ether oxygens (including phenoxy) is 1. The molecule has 0 fully saturated rings. The van der Waals surface area contributed by atoms with Crippen LogP contribution in [0.1, 0.15) is 45.7 Å². The van der Waals surface area contributed by atoms with Crippen molar-refractivity contribution in [3.05, 3.63) is 83.1 Å². The Morgan fingerprint density at radius 2 is 1.79 bits per heavy atom. The molecule has 2 atom stereocenters. The smallest absolute Gasteiger partial charge is 0.274 e. The summed E-state index contributed by atoms with van der Waals surface area (Å²) in [5.74, 6) is -2.13. The average molecular weight is 625 g/mol. The predicted octanol–water partition coefficient (Wildman–Crippen LogP) is 4.96. The van der Waals surface area contributed by atoms with Crippen LogP contribution in [0.2, 0.25) is 0 Å². The lowest BCUT2D eigenvalue weighted by Crippen LogP contribution is -2.54. The molecule has 0 aliphatic heterocycles. The molecule has 0 unspecified atom stereocenters.